The van der Waals surface area contributed by atoms with E-state index in [0.29, 0.717) is 22.5 Å². The summed E-state index contributed by atoms with van der Waals surface area (Å²) in [5, 5.41) is 16.8. The van der Waals surface area contributed by atoms with E-state index < -0.39 is 30.8 Å². The maximum atomic E-state index is 14.4. The fourth-order valence-electron chi connectivity index (χ4n) is 3.41. The summed E-state index contributed by atoms with van der Waals surface area (Å²) < 4.78 is 31.0. The minimum atomic E-state index is -3.87. The average molecular weight is 531 g/mol. The number of nitrogens with two attached hydrogens (primary N) is 1. The maximum absolute atomic E-state index is 14.4. The second-order valence-electron chi connectivity index (χ2n) is 9.77. The van der Waals surface area contributed by atoms with Crippen LogP contribution in [-0.2, 0) is 25.3 Å². The molecule has 10 nitrogen and oxygen atoms in total. The second-order valence-corrected chi connectivity index (χ2v) is 13.0. The van der Waals surface area contributed by atoms with Crippen LogP contribution in [0.3, 0.4) is 0 Å². The van der Waals surface area contributed by atoms with E-state index in [1.807, 2.05) is 0 Å². The Morgan fingerprint density at radius 3 is 2.46 bits per heavy atom. The first-order valence-corrected chi connectivity index (χ1v) is 14.2. The van der Waals surface area contributed by atoms with Crippen molar-refractivity contribution in [3.05, 3.63) is 17.0 Å². The monoisotopic (exact) mass is 530 g/mol. The summed E-state index contributed by atoms with van der Waals surface area (Å²) in [5.74, 6) is 0.205. The van der Waals surface area contributed by atoms with Gasteiger partial charge < -0.3 is 24.7 Å². The lowest BCUT2D eigenvalue weighted by molar-refractivity contribution is -0.149. The first-order chi connectivity index (χ1) is 16.1. The van der Waals surface area contributed by atoms with Crippen molar-refractivity contribution in [2.45, 2.75) is 79.2 Å². The normalized spacial score (nSPS) is 15.3. The lowest BCUT2D eigenvalue weighted by Crippen LogP contribution is -2.56. The number of nitrogens with zero attached hydrogens (tertiary/aromatic N) is 1. The van der Waals surface area contributed by atoms with Gasteiger partial charge in [0, 0.05) is 11.5 Å². The smallest absolute Gasteiger partial charge is 0.326 e. The van der Waals surface area contributed by atoms with E-state index in [0.717, 1.165) is 11.3 Å². The molecule has 0 aromatic carbocycles. The van der Waals surface area contributed by atoms with Crippen LogP contribution in [0.15, 0.2) is 16.5 Å². The Labute approximate surface area is 211 Å². The minimum Gasteiger partial charge on any atom is -0.465 e. The molecular formula is C23H39N4O6PS. The minimum absolute atomic E-state index is 0.0590. The van der Waals surface area contributed by atoms with Crippen LogP contribution in [0.25, 0.3) is 11.5 Å². The zero-order valence-corrected chi connectivity index (χ0v) is 23.5. The highest BCUT2D eigenvalue weighted by Gasteiger charge is 2.45. The highest BCUT2D eigenvalue weighted by Crippen LogP contribution is 2.43. The maximum Gasteiger partial charge on any atom is 0.326 e. The SMILES string of the molecule is CCOC(=O)C(C)(C)NP(=O)(NC(C)(C)C(O)OCC)c1ccc(-c2nc(N)sc2CC(C)C)o1. The van der Waals surface area contributed by atoms with Crippen molar-refractivity contribution in [3.8, 4) is 11.5 Å². The fourth-order valence-corrected chi connectivity index (χ4v) is 7.05. The van der Waals surface area contributed by atoms with Crippen LogP contribution >= 0.6 is 18.8 Å². The molecule has 2 aromatic heterocycles. The lowest BCUT2D eigenvalue weighted by Gasteiger charge is -2.37. The van der Waals surface area contributed by atoms with Gasteiger partial charge in [-0.2, -0.15) is 0 Å². The number of carbonyl (C=O) groups excluding carboxylic acids is 1. The molecule has 5 N–H and O–H groups in total. The molecule has 0 saturated carbocycles. The standard InChI is InChI=1S/C23H39N4O6PS/c1-9-31-19(28)22(5,6)26-34(30,27-23(7,8)20(29)32-10-2)17-12-11-15(33-17)18-16(13-14(3)4)35-21(24)25-18/h11-12,14,19,28H,9-10,13H2,1-8H3,(H2,24,25)(H2,26,27,30). The van der Waals surface area contributed by atoms with Gasteiger partial charge in [0.05, 0.1) is 12.1 Å². The number of furan rings is 1. The molecule has 0 aliphatic heterocycles. The van der Waals surface area contributed by atoms with E-state index >= 15 is 0 Å². The number of aliphatic hydroxyl groups excluding tert-OH is 1. The van der Waals surface area contributed by atoms with E-state index in [1.54, 1.807) is 53.7 Å². The number of hydrogen-bond acceptors (Lipinski definition) is 9. The van der Waals surface area contributed by atoms with Gasteiger partial charge in [-0.15, -0.1) is 11.3 Å². The zero-order chi connectivity index (χ0) is 26.6. The Hall–Kier alpha value is -1.75. The molecule has 0 bridgehead atoms. The summed E-state index contributed by atoms with van der Waals surface area (Å²) in [6.45, 7) is 14.5. The molecule has 2 unspecified atom stereocenters. The third-order valence-electron chi connectivity index (χ3n) is 5.05. The highest BCUT2D eigenvalue weighted by molar-refractivity contribution is 7.67. The summed E-state index contributed by atoms with van der Waals surface area (Å²) >= 11 is 1.39. The summed E-state index contributed by atoms with van der Waals surface area (Å²) in [6, 6.07) is 3.24. The number of carbonyl (C=O) groups is 1. The Balaban J connectivity index is 2.53. The van der Waals surface area contributed by atoms with Gasteiger partial charge in [-0.1, -0.05) is 13.8 Å². The van der Waals surface area contributed by atoms with Crippen molar-refractivity contribution in [2.75, 3.05) is 18.9 Å². The molecule has 0 fully saturated rings. The van der Waals surface area contributed by atoms with E-state index in [-0.39, 0.29) is 18.7 Å². The Bertz CT molecular complexity index is 1050. The molecule has 2 atom stereocenters. The molecule has 0 radical (unpaired) electrons. The van der Waals surface area contributed by atoms with E-state index in [9.17, 15) is 14.5 Å². The number of esters is 1. The number of thiazole rings is 1. The van der Waals surface area contributed by atoms with Crippen molar-refractivity contribution < 1.29 is 28.4 Å². The third kappa shape index (κ3) is 7.38. The average Bonchev–Trinajstić information content (AvgIpc) is 3.34. The molecule has 2 rings (SSSR count). The van der Waals surface area contributed by atoms with Crippen LogP contribution in [0.2, 0.25) is 0 Å². The van der Waals surface area contributed by atoms with Crippen molar-refractivity contribution in [3.63, 3.8) is 0 Å². The quantitative estimate of drug-likeness (QED) is 0.172. The highest BCUT2D eigenvalue weighted by atomic mass is 32.1. The molecule has 35 heavy (non-hydrogen) atoms. The molecule has 2 heterocycles. The van der Waals surface area contributed by atoms with Crippen LogP contribution < -0.4 is 21.4 Å². The number of nitrogens with one attached hydrogen (secondary N) is 2. The molecule has 198 valence electrons. The summed E-state index contributed by atoms with van der Waals surface area (Å²) in [4.78, 5) is 18.0. The number of aliphatic hydroxyl groups is 1. The van der Waals surface area contributed by atoms with Gasteiger partial charge in [0.15, 0.2) is 22.7 Å². The van der Waals surface area contributed by atoms with Gasteiger partial charge in [-0.3, -0.25) is 9.36 Å². The van der Waals surface area contributed by atoms with Crippen LogP contribution in [0, 0.1) is 5.92 Å². The lowest BCUT2D eigenvalue weighted by atomic mass is 10.1. The number of aromatic nitrogens is 1. The number of hydrogen-bond donors (Lipinski definition) is 4. The third-order valence-corrected chi connectivity index (χ3v) is 8.59. The fraction of sp³-hybridized carbons (Fsp3) is 0.652. The summed E-state index contributed by atoms with van der Waals surface area (Å²) in [7, 11) is -3.87. The molecule has 12 heteroatoms. The van der Waals surface area contributed by atoms with Gasteiger partial charge in [-0.05, 0) is 66.0 Å². The van der Waals surface area contributed by atoms with Crippen LogP contribution in [-0.4, -0.2) is 46.6 Å². The summed E-state index contributed by atoms with van der Waals surface area (Å²) in [6.07, 6.45) is -0.517. The number of anilines is 1. The number of nitrogen functional groups attached to an aromatic ring is 1. The van der Waals surface area contributed by atoms with Crippen LogP contribution in [0.1, 0.15) is 60.3 Å². The second kappa shape index (κ2) is 11.5. The zero-order valence-electron chi connectivity index (χ0n) is 21.8. The van der Waals surface area contributed by atoms with Crippen molar-refractivity contribution in [1.82, 2.24) is 15.2 Å². The van der Waals surface area contributed by atoms with Gasteiger partial charge >= 0.3 is 5.97 Å². The number of rotatable bonds is 13. The molecule has 0 aliphatic rings. The van der Waals surface area contributed by atoms with Gasteiger partial charge in [0.2, 0.25) is 0 Å². The molecule has 0 amide bonds. The molecule has 0 spiro atoms. The van der Waals surface area contributed by atoms with E-state index in [1.165, 1.54) is 11.3 Å². The Morgan fingerprint density at radius 2 is 1.89 bits per heavy atom. The first-order valence-electron chi connectivity index (χ1n) is 11.7. The molecule has 0 saturated heterocycles. The van der Waals surface area contributed by atoms with E-state index in [4.69, 9.17) is 19.6 Å². The van der Waals surface area contributed by atoms with Gasteiger partial charge in [0.25, 0.3) is 7.44 Å². The largest absolute Gasteiger partial charge is 0.465 e. The van der Waals surface area contributed by atoms with Crippen molar-refractivity contribution in [2.24, 2.45) is 5.92 Å². The predicted octanol–water partition coefficient (Wildman–Crippen LogP) is 3.66. The number of ether oxygens (including phenoxy) is 2. The molecular weight excluding hydrogens is 491 g/mol. The van der Waals surface area contributed by atoms with Crippen LogP contribution in [0.5, 0.6) is 0 Å². The van der Waals surface area contributed by atoms with Crippen molar-refractivity contribution in [1.29, 1.82) is 0 Å². The van der Waals surface area contributed by atoms with Crippen molar-refractivity contribution >= 4 is 35.4 Å². The van der Waals surface area contributed by atoms with Gasteiger partial charge in [-0.25, -0.2) is 15.2 Å². The Kier molecular flexibility index (Phi) is 9.72. The topological polar surface area (TPSA) is 149 Å². The summed E-state index contributed by atoms with van der Waals surface area (Å²) in [5.41, 5.74) is 4.10. The van der Waals surface area contributed by atoms with Gasteiger partial charge in [0.1, 0.15) is 11.2 Å². The van der Waals surface area contributed by atoms with E-state index in [2.05, 4.69) is 29.0 Å². The molecule has 2 aromatic rings. The van der Waals surface area contributed by atoms with Crippen LogP contribution in [0.4, 0.5) is 5.13 Å². The predicted molar refractivity (Wildman–Crippen MR) is 139 cm³/mol. The molecule has 0 aliphatic carbocycles. The Morgan fingerprint density at radius 1 is 1.23 bits per heavy atom. The first kappa shape index (κ1) is 29.5.